The summed E-state index contributed by atoms with van der Waals surface area (Å²) in [5.74, 6) is -3.59. The average Bonchev–Trinajstić information content (AvgIpc) is 2.64. The predicted molar refractivity (Wildman–Crippen MR) is 101 cm³/mol. The standard InChI is InChI=1S/C20H23F5N4O2/c1-18(2)14(8-15(18)30)27-17-13(20(23,24)25)9-26-16(28-17)5-4-11-10-29(31)7-6-12(11)19(3,21)22/h6-7,9-10,14-15,30H,4-5,8H2,1-3H3,(H,26,27,28)/t14-,15+/m0/s1. The van der Waals surface area contributed by atoms with Crippen molar-refractivity contribution in [2.24, 2.45) is 5.41 Å². The van der Waals surface area contributed by atoms with Gasteiger partial charge in [-0.2, -0.15) is 17.9 Å². The van der Waals surface area contributed by atoms with Crippen molar-refractivity contribution in [1.29, 1.82) is 0 Å². The van der Waals surface area contributed by atoms with Gasteiger partial charge in [-0.25, -0.2) is 18.7 Å². The number of aliphatic hydroxyl groups excluding tert-OH is 1. The fourth-order valence-electron chi connectivity index (χ4n) is 3.56. The Kier molecular flexibility index (Phi) is 5.85. The summed E-state index contributed by atoms with van der Waals surface area (Å²) in [4.78, 5) is 7.73. The van der Waals surface area contributed by atoms with Gasteiger partial charge in [-0.05, 0) is 12.8 Å². The summed E-state index contributed by atoms with van der Waals surface area (Å²) in [7, 11) is 0. The molecule has 0 amide bonds. The zero-order valence-electron chi connectivity index (χ0n) is 17.2. The minimum absolute atomic E-state index is 0.0137. The van der Waals surface area contributed by atoms with Crippen LogP contribution in [0.25, 0.3) is 0 Å². The summed E-state index contributed by atoms with van der Waals surface area (Å²) in [6.45, 7) is 4.16. The molecule has 3 rings (SSSR count). The first-order chi connectivity index (χ1) is 14.2. The van der Waals surface area contributed by atoms with E-state index in [2.05, 4.69) is 15.3 Å². The van der Waals surface area contributed by atoms with Crippen LogP contribution in [0.2, 0.25) is 0 Å². The topological polar surface area (TPSA) is 85.0 Å². The minimum Gasteiger partial charge on any atom is -0.619 e. The van der Waals surface area contributed by atoms with Crippen molar-refractivity contribution in [1.82, 2.24) is 9.97 Å². The molecular formula is C20H23F5N4O2. The van der Waals surface area contributed by atoms with Crippen molar-refractivity contribution in [3.8, 4) is 0 Å². The quantitative estimate of drug-likeness (QED) is 0.403. The van der Waals surface area contributed by atoms with Gasteiger partial charge in [-0.1, -0.05) is 13.8 Å². The van der Waals surface area contributed by atoms with Gasteiger partial charge < -0.3 is 15.6 Å². The number of aryl methyl sites for hydroxylation is 2. The van der Waals surface area contributed by atoms with Crippen molar-refractivity contribution in [3.05, 3.63) is 52.4 Å². The molecule has 1 aliphatic carbocycles. The lowest BCUT2D eigenvalue weighted by atomic mass is 9.64. The molecule has 2 N–H and O–H groups in total. The molecule has 2 aromatic rings. The smallest absolute Gasteiger partial charge is 0.421 e. The number of aliphatic hydroxyl groups is 1. The fraction of sp³-hybridized carbons (Fsp3) is 0.550. The third-order valence-corrected chi connectivity index (χ3v) is 5.78. The molecule has 1 fully saturated rings. The molecule has 0 saturated heterocycles. The molecule has 1 saturated carbocycles. The zero-order valence-corrected chi connectivity index (χ0v) is 17.2. The van der Waals surface area contributed by atoms with E-state index in [1.54, 1.807) is 13.8 Å². The van der Waals surface area contributed by atoms with Gasteiger partial charge in [0.2, 0.25) is 0 Å². The fourth-order valence-corrected chi connectivity index (χ4v) is 3.56. The Morgan fingerprint density at radius 3 is 2.45 bits per heavy atom. The number of anilines is 1. The number of nitrogens with one attached hydrogen (secondary N) is 1. The highest BCUT2D eigenvalue weighted by atomic mass is 19.4. The normalized spacial score (nSPS) is 20.9. The Morgan fingerprint density at radius 2 is 1.90 bits per heavy atom. The third-order valence-electron chi connectivity index (χ3n) is 5.78. The van der Waals surface area contributed by atoms with E-state index in [0.29, 0.717) is 17.9 Å². The highest BCUT2D eigenvalue weighted by Gasteiger charge is 2.48. The maximum atomic E-state index is 13.8. The first-order valence-corrected chi connectivity index (χ1v) is 9.67. The summed E-state index contributed by atoms with van der Waals surface area (Å²) in [6.07, 6.45) is -2.55. The van der Waals surface area contributed by atoms with Crippen LogP contribution in [0.1, 0.15) is 49.7 Å². The molecule has 2 heterocycles. The van der Waals surface area contributed by atoms with E-state index >= 15 is 0 Å². The summed E-state index contributed by atoms with van der Waals surface area (Å²) in [5, 5.41) is 24.1. The van der Waals surface area contributed by atoms with Gasteiger partial charge in [0.25, 0.3) is 5.92 Å². The summed E-state index contributed by atoms with van der Waals surface area (Å²) >= 11 is 0. The number of pyridine rings is 1. The molecule has 6 nitrogen and oxygen atoms in total. The Hall–Kier alpha value is -2.56. The first kappa shape index (κ1) is 23.1. The highest BCUT2D eigenvalue weighted by molar-refractivity contribution is 5.47. The van der Waals surface area contributed by atoms with E-state index in [1.165, 1.54) is 0 Å². The molecule has 0 aromatic carbocycles. The lowest BCUT2D eigenvalue weighted by Gasteiger charge is -2.49. The molecule has 31 heavy (non-hydrogen) atoms. The van der Waals surface area contributed by atoms with Crippen LogP contribution in [0.4, 0.5) is 27.8 Å². The van der Waals surface area contributed by atoms with Crippen LogP contribution in [-0.2, 0) is 24.9 Å². The molecule has 1 aliphatic rings. The van der Waals surface area contributed by atoms with Crippen LogP contribution in [-0.4, -0.2) is 27.2 Å². The second-order valence-corrected chi connectivity index (χ2v) is 8.45. The lowest BCUT2D eigenvalue weighted by molar-refractivity contribution is -0.606. The predicted octanol–water partition coefficient (Wildman–Crippen LogP) is 3.60. The molecule has 0 aliphatic heterocycles. The second-order valence-electron chi connectivity index (χ2n) is 8.45. The van der Waals surface area contributed by atoms with Gasteiger partial charge in [0, 0.05) is 48.2 Å². The van der Waals surface area contributed by atoms with Crippen LogP contribution in [0.3, 0.4) is 0 Å². The van der Waals surface area contributed by atoms with Crippen molar-refractivity contribution in [2.45, 2.75) is 64.3 Å². The maximum Gasteiger partial charge on any atom is 0.421 e. The minimum atomic E-state index is -4.70. The molecule has 2 aromatic heterocycles. The number of halogens is 5. The SMILES string of the molecule is CC(F)(F)c1cc[n+]([O-])cc1CCc1ncc(C(F)(F)F)c(N[C@H]2C[C@@H](O)C2(C)C)n1. The van der Waals surface area contributed by atoms with E-state index in [1.807, 2.05) is 0 Å². The number of alkyl halides is 5. The number of rotatable bonds is 6. The Labute approximate surface area is 175 Å². The van der Waals surface area contributed by atoms with Crippen LogP contribution in [0.5, 0.6) is 0 Å². The zero-order chi connectivity index (χ0) is 23.2. The number of hydrogen-bond acceptors (Lipinski definition) is 5. The molecule has 0 bridgehead atoms. The van der Waals surface area contributed by atoms with Gasteiger partial charge in [0.1, 0.15) is 17.2 Å². The van der Waals surface area contributed by atoms with E-state index in [9.17, 15) is 32.3 Å². The molecular weight excluding hydrogens is 423 g/mol. The Morgan fingerprint density at radius 1 is 1.23 bits per heavy atom. The van der Waals surface area contributed by atoms with Crippen molar-refractivity contribution in [2.75, 3.05) is 5.32 Å². The van der Waals surface area contributed by atoms with E-state index in [-0.39, 0.29) is 36.2 Å². The molecule has 0 radical (unpaired) electrons. The van der Waals surface area contributed by atoms with E-state index in [0.717, 1.165) is 18.5 Å². The summed E-state index contributed by atoms with van der Waals surface area (Å²) in [6, 6.07) is 0.595. The van der Waals surface area contributed by atoms with Crippen LogP contribution in [0, 0.1) is 10.6 Å². The number of aromatic nitrogens is 3. The van der Waals surface area contributed by atoms with Crippen LogP contribution < -0.4 is 10.0 Å². The number of hydrogen-bond donors (Lipinski definition) is 2. The monoisotopic (exact) mass is 446 g/mol. The van der Waals surface area contributed by atoms with Gasteiger partial charge in [-0.15, -0.1) is 0 Å². The summed E-state index contributed by atoms with van der Waals surface area (Å²) in [5.41, 5.74) is -1.96. The molecule has 0 unspecified atom stereocenters. The first-order valence-electron chi connectivity index (χ1n) is 9.67. The largest absolute Gasteiger partial charge is 0.619 e. The van der Waals surface area contributed by atoms with Crippen molar-refractivity contribution in [3.63, 3.8) is 0 Å². The Bertz CT molecular complexity index is 960. The second kappa shape index (κ2) is 7.85. The third kappa shape index (κ3) is 4.86. The summed E-state index contributed by atoms with van der Waals surface area (Å²) < 4.78 is 68.2. The van der Waals surface area contributed by atoms with Crippen LogP contribution in [0.15, 0.2) is 24.7 Å². The molecule has 0 spiro atoms. The van der Waals surface area contributed by atoms with E-state index < -0.39 is 41.0 Å². The van der Waals surface area contributed by atoms with Gasteiger partial charge >= 0.3 is 6.18 Å². The van der Waals surface area contributed by atoms with Gasteiger partial charge in [0.15, 0.2) is 12.4 Å². The molecule has 11 heteroatoms. The van der Waals surface area contributed by atoms with Gasteiger partial charge in [-0.3, -0.25) is 0 Å². The maximum absolute atomic E-state index is 13.8. The van der Waals surface area contributed by atoms with Crippen molar-refractivity contribution >= 4 is 5.82 Å². The highest BCUT2D eigenvalue weighted by Crippen LogP contribution is 2.43. The van der Waals surface area contributed by atoms with E-state index in [4.69, 9.17) is 0 Å². The van der Waals surface area contributed by atoms with Crippen molar-refractivity contribution < 1.29 is 31.8 Å². The molecule has 170 valence electrons. The average molecular weight is 446 g/mol. The Balaban J connectivity index is 1.86. The lowest BCUT2D eigenvalue weighted by Crippen LogP contribution is -2.57. The van der Waals surface area contributed by atoms with Gasteiger partial charge in [0.05, 0.1) is 6.10 Å². The number of nitrogens with zero attached hydrogens (tertiary/aromatic N) is 3. The van der Waals surface area contributed by atoms with Crippen LogP contribution >= 0.6 is 0 Å². The molecule has 2 atom stereocenters.